The van der Waals surface area contributed by atoms with Gasteiger partial charge in [-0.05, 0) is 57.3 Å². The predicted octanol–water partition coefficient (Wildman–Crippen LogP) is 3.28. The summed E-state index contributed by atoms with van der Waals surface area (Å²) in [5.74, 6) is 1.27. The van der Waals surface area contributed by atoms with E-state index in [-0.39, 0.29) is 5.60 Å². The highest BCUT2D eigenvalue weighted by molar-refractivity contribution is 4.99. The van der Waals surface area contributed by atoms with Crippen LogP contribution in [0.1, 0.15) is 64.7 Å². The van der Waals surface area contributed by atoms with E-state index in [2.05, 4.69) is 6.92 Å². The van der Waals surface area contributed by atoms with Crippen molar-refractivity contribution in [2.45, 2.75) is 75.9 Å². The lowest BCUT2D eigenvalue weighted by Gasteiger charge is -2.51. The summed E-state index contributed by atoms with van der Waals surface area (Å²) in [5, 5.41) is 10.8. The third-order valence-corrected chi connectivity index (χ3v) is 5.56. The van der Waals surface area contributed by atoms with Gasteiger partial charge in [0.15, 0.2) is 0 Å². The molecule has 0 aromatic rings. The summed E-state index contributed by atoms with van der Waals surface area (Å²) in [6.07, 6.45) is 11.0. The van der Waals surface area contributed by atoms with Crippen molar-refractivity contribution < 1.29 is 9.84 Å². The lowest BCUT2D eigenvalue weighted by molar-refractivity contribution is -0.176. The average Bonchev–Trinajstić information content (AvgIpc) is 2.22. The Hall–Kier alpha value is -0.0800. The van der Waals surface area contributed by atoms with Crippen molar-refractivity contribution in [3.63, 3.8) is 0 Å². The first-order valence-electron chi connectivity index (χ1n) is 7.46. The first-order valence-corrected chi connectivity index (χ1v) is 7.46. The van der Waals surface area contributed by atoms with Crippen LogP contribution in [-0.2, 0) is 4.74 Å². The van der Waals surface area contributed by atoms with Crippen molar-refractivity contribution >= 4 is 0 Å². The Morgan fingerprint density at radius 2 is 2.00 bits per heavy atom. The molecule has 2 heteroatoms. The van der Waals surface area contributed by atoms with Crippen molar-refractivity contribution in [1.82, 2.24) is 0 Å². The Kier molecular flexibility index (Phi) is 2.99. The minimum absolute atomic E-state index is 0.173. The minimum Gasteiger partial charge on any atom is -0.390 e. The topological polar surface area (TPSA) is 29.5 Å². The van der Waals surface area contributed by atoms with Gasteiger partial charge in [-0.3, -0.25) is 0 Å². The summed E-state index contributed by atoms with van der Waals surface area (Å²) in [6, 6.07) is 0. The third-order valence-electron chi connectivity index (χ3n) is 5.56. The minimum atomic E-state index is -0.447. The second-order valence-electron chi connectivity index (χ2n) is 6.93. The van der Waals surface area contributed by atoms with Crippen molar-refractivity contribution in [1.29, 1.82) is 0 Å². The molecule has 98 valence electrons. The molecule has 2 atom stereocenters. The van der Waals surface area contributed by atoms with E-state index < -0.39 is 5.60 Å². The van der Waals surface area contributed by atoms with Crippen LogP contribution in [0.2, 0.25) is 0 Å². The SMILES string of the molecule is CC(O)(CC1CCC1)C1CCOC2(CCC2)C1. The van der Waals surface area contributed by atoms with Crippen LogP contribution in [0.15, 0.2) is 0 Å². The summed E-state index contributed by atoms with van der Waals surface area (Å²) >= 11 is 0. The fourth-order valence-electron chi connectivity index (χ4n) is 3.93. The lowest BCUT2D eigenvalue weighted by atomic mass is 9.65. The smallest absolute Gasteiger partial charge is 0.0686 e. The molecule has 0 radical (unpaired) electrons. The first-order chi connectivity index (χ1) is 8.10. The van der Waals surface area contributed by atoms with Gasteiger partial charge >= 0.3 is 0 Å². The Balaban J connectivity index is 1.61. The lowest BCUT2D eigenvalue weighted by Crippen LogP contribution is -2.51. The third kappa shape index (κ3) is 2.26. The molecule has 1 heterocycles. The van der Waals surface area contributed by atoms with E-state index in [1.165, 1.54) is 38.5 Å². The van der Waals surface area contributed by atoms with Gasteiger partial charge in [0.2, 0.25) is 0 Å². The fourth-order valence-corrected chi connectivity index (χ4v) is 3.93. The average molecular weight is 238 g/mol. The van der Waals surface area contributed by atoms with Crippen molar-refractivity contribution in [2.24, 2.45) is 11.8 Å². The molecular weight excluding hydrogens is 212 g/mol. The zero-order valence-corrected chi connectivity index (χ0v) is 11.1. The number of rotatable bonds is 3. The predicted molar refractivity (Wildman–Crippen MR) is 67.8 cm³/mol. The molecule has 3 fully saturated rings. The first kappa shape index (κ1) is 12.0. The Morgan fingerprint density at radius 3 is 2.53 bits per heavy atom. The van der Waals surface area contributed by atoms with Gasteiger partial charge in [0.05, 0.1) is 11.2 Å². The van der Waals surface area contributed by atoms with Crippen molar-refractivity contribution in [3.05, 3.63) is 0 Å². The van der Waals surface area contributed by atoms with Crippen LogP contribution in [0.5, 0.6) is 0 Å². The zero-order valence-electron chi connectivity index (χ0n) is 11.1. The molecule has 0 amide bonds. The second-order valence-corrected chi connectivity index (χ2v) is 6.93. The van der Waals surface area contributed by atoms with Crippen LogP contribution in [0.3, 0.4) is 0 Å². The molecule has 2 nitrogen and oxygen atoms in total. The maximum absolute atomic E-state index is 10.8. The van der Waals surface area contributed by atoms with E-state index in [1.54, 1.807) is 0 Å². The molecule has 2 aliphatic carbocycles. The largest absolute Gasteiger partial charge is 0.390 e. The van der Waals surface area contributed by atoms with E-state index in [0.717, 1.165) is 31.8 Å². The molecule has 3 rings (SSSR count). The second kappa shape index (κ2) is 4.24. The molecular formula is C15H26O2. The zero-order chi connectivity index (χ0) is 11.9. The molecule has 0 bridgehead atoms. The van der Waals surface area contributed by atoms with Gasteiger partial charge in [-0.2, -0.15) is 0 Å². The number of hydrogen-bond donors (Lipinski definition) is 1. The Labute approximate surface area is 105 Å². The molecule has 0 aromatic heterocycles. The van der Waals surface area contributed by atoms with Crippen molar-refractivity contribution in [2.75, 3.05) is 6.61 Å². The van der Waals surface area contributed by atoms with E-state index in [4.69, 9.17) is 4.74 Å². The van der Waals surface area contributed by atoms with Crippen LogP contribution < -0.4 is 0 Å². The highest BCUT2D eigenvalue weighted by Gasteiger charge is 2.47. The summed E-state index contributed by atoms with van der Waals surface area (Å²) in [7, 11) is 0. The van der Waals surface area contributed by atoms with Gasteiger partial charge in [-0.25, -0.2) is 0 Å². The van der Waals surface area contributed by atoms with Gasteiger partial charge < -0.3 is 9.84 Å². The van der Waals surface area contributed by atoms with Gasteiger partial charge in [-0.15, -0.1) is 0 Å². The number of ether oxygens (including phenoxy) is 1. The standard InChI is InChI=1S/C15H26O2/c1-14(16,10-12-4-2-5-12)13-6-9-17-15(11-13)7-3-8-15/h12-13,16H,2-11H2,1H3. The van der Waals surface area contributed by atoms with Gasteiger partial charge in [0, 0.05) is 6.61 Å². The highest BCUT2D eigenvalue weighted by Crippen LogP contribution is 2.48. The summed E-state index contributed by atoms with van der Waals surface area (Å²) in [4.78, 5) is 0. The Morgan fingerprint density at radius 1 is 1.24 bits per heavy atom. The molecule has 3 aliphatic rings. The van der Waals surface area contributed by atoms with Crippen LogP contribution in [0.25, 0.3) is 0 Å². The van der Waals surface area contributed by atoms with Crippen molar-refractivity contribution in [3.8, 4) is 0 Å². The molecule has 1 saturated heterocycles. The number of hydrogen-bond acceptors (Lipinski definition) is 2. The normalized spacial score (nSPS) is 36.0. The van der Waals surface area contributed by atoms with Crippen LogP contribution in [0.4, 0.5) is 0 Å². The monoisotopic (exact) mass is 238 g/mol. The van der Waals surface area contributed by atoms with Crippen LogP contribution in [0, 0.1) is 11.8 Å². The summed E-state index contributed by atoms with van der Waals surface area (Å²) < 4.78 is 5.96. The van der Waals surface area contributed by atoms with Gasteiger partial charge in [0.25, 0.3) is 0 Å². The van der Waals surface area contributed by atoms with E-state index in [9.17, 15) is 5.11 Å². The molecule has 1 aliphatic heterocycles. The Bertz CT molecular complexity index is 277. The molecule has 17 heavy (non-hydrogen) atoms. The van der Waals surface area contributed by atoms with Crippen LogP contribution >= 0.6 is 0 Å². The van der Waals surface area contributed by atoms with Gasteiger partial charge in [0.1, 0.15) is 0 Å². The fraction of sp³-hybridized carbons (Fsp3) is 1.00. The molecule has 0 aromatic carbocycles. The quantitative estimate of drug-likeness (QED) is 0.817. The summed E-state index contributed by atoms with van der Waals surface area (Å²) in [5.41, 5.74) is -0.274. The maximum Gasteiger partial charge on any atom is 0.0686 e. The molecule has 2 unspecified atom stereocenters. The molecule has 1 N–H and O–H groups in total. The maximum atomic E-state index is 10.8. The molecule has 2 saturated carbocycles. The van der Waals surface area contributed by atoms with Crippen LogP contribution in [-0.4, -0.2) is 22.9 Å². The molecule has 1 spiro atoms. The summed E-state index contributed by atoms with van der Waals surface area (Å²) in [6.45, 7) is 2.94. The van der Waals surface area contributed by atoms with E-state index >= 15 is 0 Å². The highest BCUT2D eigenvalue weighted by atomic mass is 16.5. The number of aliphatic hydroxyl groups is 1. The van der Waals surface area contributed by atoms with E-state index in [0.29, 0.717) is 5.92 Å². The van der Waals surface area contributed by atoms with E-state index in [1.807, 2.05) is 0 Å². The van der Waals surface area contributed by atoms with Gasteiger partial charge in [-0.1, -0.05) is 19.3 Å².